The van der Waals surface area contributed by atoms with Crippen molar-refractivity contribution in [1.82, 2.24) is 0 Å². The average molecular weight is 243 g/mol. The number of hydrogen-bond acceptors (Lipinski definition) is 3. The Kier molecular flexibility index (Phi) is 5.89. The van der Waals surface area contributed by atoms with E-state index in [1.807, 2.05) is 0 Å². The van der Waals surface area contributed by atoms with E-state index in [2.05, 4.69) is 0 Å². The zero-order valence-electron chi connectivity index (χ0n) is 10.9. The first-order valence-corrected chi connectivity index (χ1v) is 6.90. The lowest BCUT2D eigenvalue weighted by molar-refractivity contribution is -0.546. The maximum atomic E-state index is 11.0. The first-order valence-electron chi connectivity index (χ1n) is 6.90. The minimum Gasteiger partial charge on any atom is -0.383 e. The van der Waals surface area contributed by atoms with Crippen molar-refractivity contribution >= 4 is 0 Å². The molecule has 0 aromatic heterocycles. The van der Waals surface area contributed by atoms with Crippen LogP contribution in [-0.4, -0.2) is 21.7 Å². The molecular formula is C13H25NO3. The molecule has 1 saturated carbocycles. The van der Waals surface area contributed by atoms with E-state index in [-0.39, 0.29) is 4.92 Å². The van der Waals surface area contributed by atoms with Gasteiger partial charge in [-0.1, -0.05) is 44.9 Å². The van der Waals surface area contributed by atoms with E-state index in [0.717, 1.165) is 25.7 Å². The van der Waals surface area contributed by atoms with Gasteiger partial charge >= 0.3 is 0 Å². The Balaban J connectivity index is 2.59. The molecule has 1 aliphatic rings. The van der Waals surface area contributed by atoms with Crippen molar-refractivity contribution in [2.75, 3.05) is 0 Å². The van der Waals surface area contributed by atoms with Gasteiger partial charge in [0.2, 0.25) is 6.04 Å². The molecule has 1 fully saturated rings. The third-order valence-corrected chi connectivity index (χ3v) is 3.88. The number of nitro groups is 1. The van der Waals surface area contributed by atoms with E-state index >= 15 is 0 Å². The monoisotopic (exact) mass is 243 g/mol. The fourth-order valence-corrected chi connectivity index (χ4v) is 2.69. The number of aliphatic hydroxyl groups is 1. The van der Waals surface area contributed by atoms with Crippen LogP contribution in [0.2, 0.25) is 0 Å². The van der Waals surface area contributed by atoms with Gasteiger partial charge in [-0.05, 0) is 19.8 Å². The van der Waals surface area contributed by atoms with Gasteiger partial charge in [0.25, 0.3) is 0 Å². The predicted octanol–water partition coefficient (Wildman–Crippen LogP) is 3.30. The van der Waals surface area contributed by atoms with Crippen molar-refractivity contribution in [1.29, 1.82) is 0 Å². The summed E-state index contributed by atoms with van der Waals surface area (Å²) in [5.41, 5.74) is -1.14. The normalized spacial score (nSPS) is 33.4. The molecule has 1 N–H and O–H groups in total. The summed E-state index contributed by atoms with van der Waals surface area (Å²) >= 11 is 0. The molecule has 0 heterocycles. The van der Waals surface area contributed by atoms with Crippen LogP contribution in [0.3, 0.4) is 0 Å². The molecule has 4 nitrogen and oxygen atoms in total. The quantitative estimate of drug-likeness (QED) is 0.567. The maximum Gasteiger partial charge on any atom is 0.241 e. The smallest absolute Gasteiger partial charge is 0.241 e. The summed E-state index contributed by atoms with van der Waals surface area (Å²) in [6.07, 6.45) is 9.85. The highest BCUT2D eigenvalue weighted by Crippen LogP contribution is 2.26. The molecule has 0 aromatic rings. The summed E-state index contributed by atoms with van der Waals surface area (Å²) < 4.78 is 0. The SMILES string of the molecule is C[C@]1(O)CCCCCCCCCC[C@H]1[N+](=O)[O-]. The van der Waals surface area contributed by atoms with Crippen molar-refractivity contribution in [2.24, 2.45) is 0 Å². The molecule has 0 aliphatic heterocycles. The van der Waals surface area contributed by atoms with Crippen LogP contribution in [0.4, 0.5) is 0 Å². The van der Waals surface area contributed by atoms with E-state index in [4.69, 9.17) is 0 Å². The summed E-state index contributed by atoms with van der Waals surface area (Å²) in [6, 6.07) is -0.790. The standard InChI is InChI=1S/C13H25NO3/c1-13(15)11-9-7-5-3-2-4-6-8-10-12(13)14(16)17/h12,15H,2-11H2,1H3/t12-,13+/m1/s1. The molecule has 0 saturated heterocycles. The third-order valence-electron chi connectivity index (χ3n) is 3.88. The Hall–Kier alpha value is -0.640. The lowest BCUT2D eigenvalue weighted by Crippen LogP contribution is -2.44. The molecule has 0 spiro atoms. The molecule has 0 amide bonds. The van der Waals surface area contributed by atoms with Gasteiger partial charge in [-0.2, -0.15) is 0 Å². The molecule has 17 heavy (non-hydrogen) atoms. The average Bonchev–Trinajstić information content (AvgIpc) is 2.22. The molecule has 1 aliphatic carbocycles. The Morgan fingerprint density at radius 3 is 2.06 bits per heavy atom. The van der Waals surface area contributed by atoms with Crippen molar-refractivity contribution in [3.63, 3.8) is 0 Å². The van der Waals surface area contributed by atoms with Crippen molar-refractivity contribution in [3.05, 3.63) is 10.1 Å². The summed E-state index contributed by atoms with van der Waals surface area (Å²) in [5, 5.41) is 21.3. The Labute approximate surface area is 104 Å². The third kappa shape index (κ3) is 5.02. The van der Waals surface area contributed by atoms with E-state index in [9.17, 15) is 15.2 Å². The highest BCUT2D eigenvalue weighted by atomic mass is 16.6. The first kappa shape index (κ1) is 14.4. The van der Waals surface area contributed by atoms with E-state index in [0.29, 0.717) is 12.8 Å². The molecule has 2 atom stereocenters. The second-order valence-corrected chi connectivity index (χ2v) is 5.53. The molecule has 1 rings (SSSR count). The summed E-state index contributed by atoms with van der Waals surface area (Å²) in [6.45, 7) is 1.63. The Morgan fingerprint density at radius 2 is 1.53 bits per heavy atom. The molecule has 0 unspecified atom stereocenters. The topological polar surface area (TPSA) is 63.4 Å². The van der Waals surface area contributed by atoms with Crippen LogP contribution in [0.15, 0.2) is 0 Å². The van der Waals surface area contributed by atoms with Gasteiger partial charge in [0.1, 0.15) is 5.60 Å². The van der Waals surface area contributed by atoms with Gasteiger partial charge in [0.05, 0.1) is 0 Å². The van der Waals surface area contributed by atoms with Gasteiger partial charge in [0.15, 0.2) is 0 Å². The van der Waals surface area contributed by atoms with Gasteiger partial charge in [-0.3, -0.25) is 10.1 Å². The molecular weight excluding hydrogens is 218 g/mol. The maximum absolute atomic E-state index is 11.0. The fraction of sp³-hybridized carbons (Fsp3) is 1.00. The Morgan fingerprint density at radius 1 is 1.06 bits per heavy atom. The first-order chi connectivity index (χ1) is 8.04. The molecule has 4 heteroatoms. The molecule has 0 bridgehead atoms. The van der Waals surface area contributed by atoms with Gasteiger partial charge in [-0.25, -0.2) is 0 Å². The van der Waals surface area contributed by atoms with Crippen LogP contribution < -0.4 is 0 Å². The van der Waals surface area contributed by atoms with E-state index < -0.39 is 11.6 Å². The summed E-state index contributed by atoms with van der Waals surface area (Å²) in [7, 11) is 0. The minimum atomic E-state index is -1.14. The van der Waals surface area contributed by atoms with Gasteiger partial charge in [0, 0.05) is 11.3 Å². The number of nitrogens with zero attached hydrogens (tertiary/aromatic N) is 1. The second-order valence-electron chi connectivity index (χ2n) is 5.53. The van der Waals surface area contributed by atoms with Crippen LogP contribution in [-0.2, 0) is 0 Å². The molecule has 100 valence electrons. The van der Waals surface area contributed by atoms with E-state index in [1.54, 1.807) is 6.92 Å². The van der Waals surface area contributed by atoms with Gasteiger partial charge < -0.3 is 5.11 Å². The largest absolute Gasteiger partial charge is 0.383 e. The van der Waals surface area contributed by atoms with Gasteiger partial charge in [-0.15, -0.1) is 0 Å². The zero-order chi connectivity index (χ0) is 12.7. The van der Waals surface area contributed by atoms with Crippen LogP contribution >= 0.6 is 0 Å². The van der Waals surface area contributed by atoms with Crippen LogP contribution in [0.1, 0.15) is 71.1 Å². The summed E-state index contributed by atoms with van der Waals surface area (Å²) in [4.78, 5) is 10.7. The van der Waals surface area contributed by atoms with Crippen molar-refractivity contribution in [3.8, 4) is 0 Å². The number of hydrogen-bond donors (Lipinski definition) is 1. The van der Waals surface area contributed by atoms with Crippen LogP contribution in [0, 0.1) is 10.1 Å². The van der Waals surface area contributed by atoms with Crippen molar-refractivity contribution < 1.29 is 10.0 Å². The minimum absolute atomic E-state index is 0.286. The Bertz CT molecular complexity index is 241. The van der Waals surface area contributed by atoms with E-state index in [1.165, 1.54) is 25.7 Å². The molecule has 0 radical (unpaired) electrons. The fourth-order valence-electron chi connectivity index (χ4n) is 2.69. The second kappa shape index (κ2) is 6.94. The molecule has 0 aromatic carbocycles. The summed E-state index contributed by atoms with van der Waals surface area (Å²) in [5.74, 6) is 0. The zero-order valence-corrected chi connectivity index (χ0v) is 10.9. The highest BCUT2D eigenvalue weighted by Gasteiger charge is 2.40. The van der Waals surface area contributed by atoms with Crippen molar-refractivity contribution in [2.45, 2.75) is 82.8 Å². The van der Waals surface area contributed by atoms with Crippen LogP contribution in [0.5, 0.6) is 0 Å². The number of rotatable bonds is 1. The lowest BCUT2D eigenvalue weighted by Gasteiger charge is -2.27. The predicted molar refractivity (Wildman–Crippen MR) is 67.6 cm³/mol. The lowest BCUT2D eigenvalue weighted by atomic mass is 9.86. The highest BCUT2D eigenvalue weighted by molar-refractivity contribution is 4.82. The van der Waals surface area contributed by atoms with Crippen LogP contribution in [0.25, 0.3) is 0 Å².